The lowest BCUT2D eigenvalue weighted by Crippen LogP contribution is -2.52. The molecule has 1 spiro atoms. The number of nitrogens with one attached hydrogen (secondary N) is 1. The van der Waals surface area contributed by atoms with Gasteiger partial charge in [-0.3, -0.25) is 14.4 Å². The van der Waals surface area contributed by atoms with E-state index in [1.807, 2.05) is 66.7 Å². The van der Waals surface area contributed by atoms with Crippen LogP contribution in [0.2, 0.25) is 23.7 Å². The van der Waals surface area contributed by atoms with Crippen LogP contribution in [0.4, 0.5) is 11.4 Å². The number of aliphatic hydroxyl groups excluding tert-OH is 1. The normalized spacial score (nSPS) is 23.8. The number of rotatable bonds is 10. The third-order valence-electron chi connectivity index (χ3n) is 11.7. The number of nitrogens with zero attached hydrogens (tertiary/aromatic N) is 2. The van der Waals surface area contributed by atoms with Crippen molar-refractivity contribution in [2.45, 2.75) is 69.1 Å². The maximum Gasteiger partial charge on any atom is 0.264 e. The average molecular weight is 752 g/mol. The number of ether oxygens (including phenoxy) is 2. The molecule has 4 aromatic carbocycles. The van der Waals surface area contributed by atoms with Gasteiger partial charge in [0.25, 0.3) is 11.8 Å². The predicted octanol–water partition coefficient (Wildman–Crippen LogP) is 6.74. The Morgan fingerprint density at radius 3 is 2.42 bits per heavy atom. The van der Waals surface area contributed by atoms with Crippen LogP contribution in [-0.4, -0.2) is 68.2 Å². The lowest BCUT2D eigenvalue weighted by Gasteiger charge is -2.37. The summed E-state index contributed by atoms with van der Waals surface area (Å²) in [6.45, 7) is 7.47. The van der Waals surface area contributed by atoms with Gasteiger partial charge in [0.2, 0.25) is 5.91 Å². The molecule has 0 bridgehead atoms. The van der Waals surface area contributed by atoms with Gasteiger partial charge in [-0.25, -0.2) is 0 Å². The van der Waals surface area contributed by atoms with Crippen molar-refractivity contribution in [3.63, 3.8) is 0 Å². The molecule has 11 heteroatoms. The van der Waals surface area contributed by atoms with Gasteiger partial charge in [0.1, 0.15) is 5.75 Å². The highest BCUT2D eigenvalue weighted by molar-refractivity contribution is 6.91. The van der Waals surface area contributed by atoms with Crippen LogP contribution in [0.25, 0.3) is 0 Å². The summed E-state index contributed by atoms with van der Waals surface area (Å²) >= 11 is 6.67. The fraction of sp³-hybridized carbons (Fsp3) is 0.357. The van der Waals surface area contributed by atoms with Gasteiger partial charge in [-0.1, -0.05) is 79.3 Å². The molecule has 2 N–H and O–H groups in total. The molecule has 0 aromatic heterocycles. The second kappa shape index (κ2) is 14.7. The molecule has 3 aliphatic heterocycles. The topological polar surface area (TPSA) is 108 Å². The second-order valence-electron chi connectivity index (χ2n) is 15.0. The van der Waals surface area contributed by atoms with E-state index in [4.69, 9.17) is 21.1 Å². The number of anilines is 2. The van der Waals surface area contributed by atoms with Gasteiger partial charge in [-0.15, -0.1) is 0 Å². The van der Waals surface area contributed by atoms with Gasteiger partial charge in [-0.05, 0) is 78.5 Å². The zero-order valence-electron chi connectivity index (χ0n) is 30.6. The summed E-state index contributed by atoms with van der Waals surface area (Å²) in [7, 11) is -0.832. The van der Waals surface area contributed by atoms with Crippen LogP contribution in [0.3, 0.4) is 0 Å². The lowest BCUT2D eigenvalue weighted by molar-refractivity contribution is -0.150. The van der Waals surface area contributed by atoms with E-state index < -0.39 is 19.8 Å². The Balaban J connectivity index is 1.22. The number of carbonyl (C=O) groups is 3. The van der Waals surface area contributed by atoms with E-state index >= 15 is 4.79 Å². The Morgan fingerprint density at radius 2 is 1.74 bits per heavy atom. The molecule has 2 fully saturated rings. The summed E-state index contributed by atoms with van der Waals surface area (Å²) in [6, 6.07) is 30.0. The van der Waals surface area contributed by atoms with Gasteiger partial charge in [0, 0.05) is 34.3 Å². The molecule has 3 heterocycles. The van der Waals surface area contributed by atoms with Crippen molar-refractivity contribution in [3.8, 4) is 5.75 Å². The van der Waals surface area contributed by atoms with E-state index in [2.05, 4.69) is 37.5 Å². The molecule has 0 aliphatic carbocycles. The van der Waals surface area contributed by atoms with Crippen molar-refractivity contribution in [1.82, 2.24) is 4.90 Å². The Bertz CT molecular complexity index is 1990. The van der Waals surface area contributed by atoms with E-state index in [1.165, 1.54) is 5.19 Å². The highest BCUT2D eigenvalue weighted by atomic mass is 35.5. The first kappa shape index (κ1) is 36.9. The summed E-state index contributed by atoms with van der Waals surface area (Å²) in [4.78, 5) is 45.5. The molecule has 2 saturated heterocycles. The van der Waals surface area contributed by atoms with Gasteiger partial charge in [0.05, 0.1) is 52.6 Å². The van der Waals surface area contributed by atoms with Crippen LogP contribution in [0.5, 0.6) is 5.75 Å². The summed E-state index contributed by atoms with van der Waals surface area (Å²) in [5.41, 5.74) is 2.03. The van der Waals surface area contributed by atoms with Crippen LogP contribution < -0.4 is 20.1 Å². The van der Waals surface area contributed by atoms with Crippen LogP contribution in [-0.2, 0) is 26.5 Å². The highest BCUT2D eigenvalue weighted by Gasteiger charge is 2.66. The zero-order valence-corrected chi connectivity index (χ0v) is 32.3. The maximum absolute atomic E-state index is 15.1. The Labute approximate surface area is 316 Å². The molecular weight excluding hydrogens is 706 g/mol. The number of hydrogen-bond donors (Lipinski definition) is 2. The Kier molecular flexibility index (Phi) is 10.3. The van der Waals surface area contributed by atoms with Crippen molar-refractivity contribution in [2.24, 2.45) is 5.92 Å². The van der Waals surface area contributed by atoms with Gasteiger partial charge in [-0.2, -0.15) is 0 Å². The fourth-order valence-corrected chi connectivity index (χ4v) is 13.1. The quantitative estimate of drug-likeness (QED) is 0.174. The van der Waals surface area contributed by atoms with Crippen LogP contribution in [0.1, 0.15) is 47.7 Å². The number of likely N-dealkylation sites (tertiary alicyclic amines) is 1. The molecule has 3 aliphatic rings. The summed E-state index contributed by atoms with van der Waals surface area (Å²) in [6.07, 6.45) is 1.17. The summed E-state index contributed by atoms with van der Waals surface area (Å²) in [5, 5.41) is 14.7. The minimum Gasteiger partial charge on any atom is -0.497 e. The second-order valence-corrected chi connectivity index (χ2v) is 20.1. The number of methoxy groups -OCH3 is 1. The highest BCUT2D eigenvalue weighted by Crippen LogP contribution is 2.60. The molecular formula is C42H46ClN3O6Si. The first-order chi connectivity index (χ1) is 25.5. The number of fused-ring (bicyclic) bond motifs is 2. The maximum atomic E-state index is 15.1. The number of aliphatic hydroxyl groups is 1. The average Bonchev–Trinajstić information content (AvgIpc) is 3.83. The van der Waals surface area contributed by atoms with E-state index in [9.17, 15) is 14.7 Å². The SMILES string of the molecule is COc1ccc([Si](C)(C)[C@@H]2[C@@H](CC(=O)N3CCC[C@H]3CO)O[C@]3(C(=O)N(Cc4ccc(NC(=O)c5ccccc5)cc4)c4ccc(Cl)cc43)[C@H]2C)cc1. The molecule has 53 heavy (non-hydrogen) atoms. The molecule has 0 radical (unpaired) electrons. The fourth-order valence-electron chi connectivity index (χ4n) is 8.95. The molecule has 0 unspecified atom stereocenters. The molecule has 7 rings (SSSR count). The number of hydrogen-bond acceptors (Lipinski definition) is 6. The molecule has 276 valence electrons. The smallest absolute Gasteiger partial charge is 0.264 e. The van der Waals surface area contributed by atoms with E-state index in [0.29, 0.717) is 28.4 Å². The molecule has 5 atom stereocenters. The zero-order chi connectivity index (χ0) is 37.5. The van der Waals surface area contributed by atoms with Crippen LogP contribution >= 0.6 is 11.6 Å². The standard InChI is InChI=1S/C42H46ClN3O6Si/c1-27-39(53(3,4)34-19-17-33(51-2)18-20-34)37(24-38(48)45-22-8-11-32(45)26-47)52-42(27)35-23-30(43)14-21-36(35)46(41(42)50)25-28-12-15-31(16-13-28)44-40(49)29-9-6-5-7-10-29/h5-7,9-10,12-21,23,27,32,37,39,47H,8,11,22,24-26H2,1-4H3,(H,44,49)/t27-,32-,37+,39-,42+/m0/s1. The first-order valence-corrected chi connectivity index (χ1v) is 21.7. The van der Waals surface area contributed by atoms with Gasteiger partial charge in [0.15, 0.2) is 5.60 Å². The summed E-state index contributed by atoms with van der Waals surface area (Å²) < 4.78 is 12.6. The van der Waals surface area contributed by atoms with E-state index in [-0.39, 0.29) is 54.8 Å². The minimum absolute atomic E-state index is 0.0617. The lowest BCUT2D eigenvalue weighted by atomic mass is 9.82. The molecule has 4 aromatic rings. The number of carbonyl (C=O) groups excluding carboxylic acids is 3. The number of amides is 3. The van der Waals surface area contributed by atoms with Crippen molar-refractivity contribution in [2.75, 3.05) is 30.5 Å². The van der Waals surface area contributed by atoms with Crippen molar-refractivity contribution in [1.29, 1.82) is 0 Å². The summed E-state index contributed by atoms with van der Waals surface area (Å²) in [5.74, 6) is 0.0134. The number of benzene rings is 4. The third kappa shape index (κ3) is 6.67. The van der Waals surface area contributed by atoms with Gasteiger partial charge < -0.3 is 29.7 Å². The van der Waals surface area contributed by atoms with E-state index in [0.717, 1.165) is 29.8 Å². The van der Waals surface area contributed by atoms with Crippen molar-refractivity contribution in [3.05, 3.63) is 119 Å². The van der Waals surface area contributed by atoms with Crippen LogP contribution in [0.15, 0.2) is 97.1 Å². The van der Waals surface area contributed by atoms with Gasteiger partial charge >= 0.3 is 0 Å². The third-order valence-corrected chi connectivity index (χ3v) is 16.3. The number of halogens is 1. The molecule has 3 amide bonds. The molecule has 0 saturated carbocycles. The largest absolute Gasteiger partial charge is 0.497 e. The molecule has 9 nitrogen and oxygen atoms in total. The predicted molar refractivity (Wildman–Crippen MR) is 209 cm³/mol. The Hall–Kier alpha value is -4.48. The van der Waals surface area contributed by atoms with Crippen molar-refractivity contribution >= 4 is 54.0 Å². The minimum atomic E-state index is -2.48. The van der Waals surface area contributed by atoms with Crippen LogP contribution in [0, 0.1) is 5.92 Å². The Morgan fingerprint density at radius 1 is 1.02 bits per heavy atom. The van der Waals surface area contributed by atoms with Crippen molar-refractivity contribution < 1.29 is 29.0 Å². The monoisotopic (exact) mass is 751 g/mol. The first-order valence-electron chi connectivity index (χ1n) is 18.3. The van der Waals surface area contributed by atoms with E-state index in [1.54, 1.807) is 35.1 Å².